The van der Waals surface area contributed by atoms with E-state index in [1.165, 1.54) is 32.2 Å². The number of fused-ring (bicyclic) bond motifs is 1. The van der Waals surface area contributed by atoms with E-state index < -0.39 is 10.2 Å². The van der Waals surface area contributed by atoms with Crippen LogP contribution in [0.15, 0.2) is 0 Å². The summed E-state index contributed by atoms with van der Waals surface area (Å²) in [6.07, 6.45) is 8.03. The van der Waals surface area contributed by atoms with Crippen molar-refractivity contribution < 1.29 is 33.5 Å². The molecule has 2 aliphatic rings. The first-order chi connectivity index (χ1) is 5.97. The maximum Gasteiger partial charge on any atom is 0.153 e. The van der Waals surface area contributed by atoms with E-state index in [9.17, 15) is 0 Å². The summed E-state index contributed by atoms with van der Waals surface area (Å²) in [5.74, 6) is 0. The molecule has 1 fully saturated rings. The molecule has 0 spiro atoms. The molecule has 1 atom stereocenters. The summed E-state index contributed by atoms with van der Waals surface area (Å²) >= 11 is 0. The second kappa shape index (κ2) is 4.34. The number of rotatable bonds is 0. The first-order valence-corrected chi connectivity index (χ1v) is 5.41. The molecule has 0 aromatic rings. The highest BCUT2D eigenvalue weighted by molar-refractivity contribution is 5.53. The van der Waals surface area contributed by atoms with E-state index in [-0.39, 0.29) is 0 Å². The van der Waals surface area contributed by atoms with Crippen LogP contribution in [-0.2, 0) is 0 Å². The first kappa shape index (κ1) is 10.9. The molecule has 76 valence electrons. The second-order valence-corrected chi connectivity index (χ2v) is 3.93. The van der Waals surface area contributed by atoms with Crippen LogP contribution in [0.25, 0.3) is 0 Å². The van der Waals surface area contributed by atoms with Gasteiger partial charge in [0.1, 0.15) is 12.8 Å². The van der Waals surface area contributed by atoms with Gasteiger partial charge in [0.15, 0.2) is 6.04 Å². The number of nitrogens with zero attached hydrogens (tertiary/aromatic N) is 1. The topological polar surface area (TPSA) is 95.2 Å². The van der Waals surface area contributed by atoms with Crippen molar-refractivity contribution in [1.29, 1.82) is 0 Å². The summed E-state index contributed by atoms with van der Waals surface area (Å²) in [7, 11) is -4.94. The molecule has 0 aromatic heterocycles. The van der Waals surface area contributed by atoms with Crippen LogP contribution in [0, 0.1) is 10.2 Å². The Balaban J connectivity index is 0.000000149. The fourth-order valence-corrected chi connectivity index (χ4v) is 1.84. The Bertz CT molecular complexity index is 195. The highest BCUT2D eigenvalue weighted by Crippen LogP contribution is 2.20. The molecule has 5 nitrogen and oxygen atoms in total. The number of halogens is 1. The Morgan fingerprint density at radius 2 is 1.77 bits per heavy atom. The quantitative estimate of drug-likeness (QED) is 0.383. The zero-order valence-corrected chi connectivity index (χ0v) is 7.90. The molecule has 0 aliphatic carbocycles. The van der Waals surface area contributed by atoms with E-state index in [0.717, 1.165) is 6.04 Å². The molecule has 0 N–H and O–H groups in total. The highest BCUT2D eigenvalue weighted by atomic mass is 35.7. The van der Waals surface area contributed by atoms with Crippen LogP contribution in [0.4, 0.5) is 0 Å². The van der Waals surface area contributed by atoms with Crippen molar-refractivity contribution in [2.45, 2.75) is 31.7 Å². The fourth-order valence-electron chi connectivity index (χ4n) is 1.84. The van der Waals surface area contributed by atoms with Gasteiger partial charge in [0.05, 0.1) is 0 Å². The Labute approximate surface area is 78.7 Å². The minimum Gasteiger partial charge on any atom is -0.237 e. The molecule has 0 radical (unpaired) electrons. The minimum absolute atomic E-state index is 0.954. The van der Waals surface area contributed by atoms with Crippen LogP contribution in [-0.4, -0.2) is 23.4 Å². The maximum atomic E-state index is 8.49. The fraction of sp³-hybridized carbons (Fsp3) is 0.857. The molecule has 2 aliphatic heterocycles. The molecule has 1 unspecified atom stereocenters. The molecular formula is C7H12ClNO4. The van der Waals surface area contributed by atoms with Crippen molar-refractivity contribution >= 4 is 6.21 Å². The molecule has 2 rings (SSSR count). The summed E-state index contributed by atoms with van der Waals surface area (Å²) in [5, 5.41) is 0. The third-order valence-electron chi connectivity index (χ3n) is 2.29. The monoisotopic (exact) mass is 209 g/mol. The number of hydrogen-bond acceptors (Lipinski definition) is 4. The average Bonchev–Trinajstić information content (AvgIpc) is 2.36. The summed E-state index contributed by atoms with van der Waals surface area (Å²) < 4.78 is 36.5. The van der Waals surface area contributed by atoms with Gasteiger partial charge < -0.3 is 0 Å². The SMILES string of the molecule is C1=[N+]2CCCC2CC1.[O-][Cl+3]([O-])([O-])[O-]. The van der Waals surface area contributed by atoms with E-state index in [2.05, 4.69) is 10.8 Å². The van der Waals surface area contributed by atoms with Crippen molar-refractivity contribution in [2.24, 2.45) is 0 Å². The standard InChI is InChI=1S/C7H12N.ClHO4/c1-3-7-4-2-6-8(7)5-1;2-1(3,4)5/h5,7H,1-4,6H2;(H,2,3,4,5)/q+1;/p-1. The Hall–Kier alpha value is -0.200. The van der Waals surface area contributed by atoms with Crippen LogP contribution >= 0.6 is 0 Å². The van der Waals surface area contributed by atoms with Gasteiger partial charge in [0, 0.05) is 25.7 Å². The van der Waals surface area contributed by atoms with E-state index >= 15 is 0 Å². The van der Waals surface area contributed by atoms with Crippen LogP contribution in [0.1, 0.15) is 25.7 Å². The van der Waals surface area contributed by atoms with Crippen LogP contribution in [0.5, 0.6) is 0 Å². The zero-order valence-electron chi connectivity index (χ0n) is 7.15. The van der Waals surface area contributed by atoms with E-state index in [1.807, 2.05) is 0 Å². The van der Waals surface area contributed by atoms with Gasteiger partial charge in [-0.25, -0.2) is 23.2 Å². The van der Waals surface area contributed by atoms with Gasteiger partial charge in [0.25, 0.3) is 0 Å². The smallest absolute Gasteiger partial charge is 0.153 e. The van der Waals surface area contributed by atoms with E-state index in [1.54, 1.807) is 0 Å². The zero-order chi connectivity index (χ0) is 9.90. The van der Waals surface area contributed by atoms with Crippen molar-refractivity contribution in [1.82, 2.24) is 0 Å². The van der Waals surface area contributed by atoms with Gasteiger partial charge in [-0.1, -0.05) is 0 Å². The predicted molar refractivity (Wildman–Crippen MR) is 33.4 cm³/mol. The average molecular weight is 210 g/mol. The summed E-state index contributed by atoms with van der Waals surface area (Å²) in [4.78, 5) is 0. The van der Waals surface area contributed by atoms with Crippen LogP contribution in [0.2, 0.25) is 0 Å². The largest absolute Gasteiger partial charge is 0.237 e. The summed E-state index contributed by atoms with van der Waals surface area (Å²) in [6, 6.07) is 0.954. The van der Waals surface area contributed by atoms with Gasteiger partial charge in [0.2, 0.25) is 0 Å². The lowest BCUT2D eigenvalue weighted by Crippen LogP contribution is -2.68. The summed E-state index contributed by atoms with van der Waals surface area (Å²) in [5.41, 5.74) is 0. The van der Waals surface area contributed by atoms with Crippen molar-refractivity contribution in [2.75, 3.05) is 6.54 Å². The van der Waals surface area contributed by atoms with E-state index in [0.29, 0.717) is 0 Å². The Morgan fingerprint density at radius 1 is 1.15 bits per heavy atom. The predicted octanol–water partition coefficient (Wildman–Crippen LogP) is -3.73. The molecule has 0 bridgehead atoms. The normalized spacial score (nSPS) is 26.2. The lowest BCUT2D eigenvalue weighted by Gasteiger charge is -2.17. The molecule has 2 heterocycles. The molecule has 0 aromatic carbocycles. The Kier molecular flexibility index (Phi) is 3.63. The van der Waals surface area contributed by atoms with Crippen LogP contribution in [0.3, 0.4) is 0 Å². The van der Waals surface area contributed by atoms with Gasteiger partial charge >= 0.3 is 0 Å². The van der Waals surface area contributed by atoms with E-state index in [4.69, 9.17) is 18.6 Å². The third-order valence-corrected chi connectivity index (χ3v) is 2.29. The number of hydrogen-bond donors (Lipinski definition) is 0. The minimum atomic E-state index is -4.94. The van der Waals surface area contributed by atoms with Crippen molar-refractivity contribution in [3.8, 4) is 0 Å². The van der Waals surface area contributed by atoms with Crippen molar-refractivity contribution in [3.63, 3.8) is 0 Å². The molecule has 0 amide bonds. The molecule has 1 saturated heterocycles. The van der Waals surface area contributed by atoms with Gasteiger partial charge in [-0.05, 0) is 0 Å². The molecular weight excluding hydrogens is 198 g/mol. The molecule has 6 heteroatoms. The maximum absolute atomic E-state index is 8.49. The first-order valence-electron chi connectivity index (χ1n) is 4.17. The third kappa shape index (κ3) is 4.54. The van der Waals surface area contributed by atoms with Crippen LogP contribution < -0.4 is 18.6 Å². The second-order valence-electron chi connectivity index (χ2n) is 3.17. The molecule has 0 saturated carbocycles. The van der Waals surface area contributed by atoms with Crippen molar-refractivity contribution in [3.05, 3.63) is 0 Å². The highest BCUT2D eigenvalue weighted by Gasteiger charge is 2.30. The van der Waals surface area contributed by atoms with Gasteiger partial charge in [-0.3, -0.25) is 0 Å². The van der Waals surface area contributed by atoms with Gasteiger partial charge in [-0.15, -0.1) is 10.2 Å². The van der Waals surface area contributed by atoms with Gasteiger partial charge in [-0.2, -0.15) is 0 Å². The molecule has 13 heavy (non-hydrogen) atoms. The lowest BCUT2D eigenvalue weighted by atomic mass is 10.1. The Morgan fingerprint density at radius 3 is 2.31 bits per heavy atom. The lowest BCUT2D eigenvalue weighted by molar-refractivity contribution is -2.00. The summed E-state index contributed by atoms with van der Waals surface area (Å²) in [6.45, 7) is 1.34.